The Bertz CT molecular complexity index is 319. The van der Waals surface area contributed by atoms with Crippen LogP contribution >= 0.6 is 0 Å². The molecule has 1 N–H and O–H groups in total. The Morgan fingerprint density at radius 1 is 1.35 bits per heavy atom. The van der Waals surface area contributed by atoms with E-state index in [1.165, 1.54) is 4.90 Å². The van der Waals surface area contributed by atoms with Gasteiger partial charge in [-0.15, -0.1) is 0 Å². The fourth-order valence-electron chi connectivity index (χ4n) is 2.75. The van der Waals surface area contributed by atoms with Crippen LogP contribution in [0.15, 0.2) is 0 Å². The summed E-state index contributed by atoms with van der Waals surface area (Å²) in [6.07, 6.45) is 1.13. The van der Waals surface area contributed by atoms with Crippen molar-refractivity contribution in [1.82, 2.24) is 15.1 Å². The Balaban J connectivity index is 1.47. The first kappa shape index (κ1) is 11.0. The van der Waals surface area contributed by atoms with Gasteiger partial charge in [0, 0.05) is 26.2 Å². The highest BCUT2D eigenvalue weighted by atomic mass is 16.5. The SMILES string of the molecule is O=C1CNC(=O)N1C1CN(CC2CCOC2)C1. The first-order chi connectivity index (χ1) is 8.24. The lowest BCUT2D eigenvalue weighted by Gasteiger charge is -2.43. The fourth-order valence-corrected chi connectivity index (χ4v) is 2.75. The zero-order chi connectivity index (χ0) is 11.8. The second kappa shape index (κ2) is 4.27. The van der Waals surface area contributed by atoms with Gasteiger partial charge in [0.25, 0.3) is 0 Å². The molecule has 3 amide bonds. The Labute approximate surface area is 99.9 Å². The van der Waals surface area contributed by atoms with Crippen molar-refractivity contribution in [2.75, 3.05) is 39.4 Å². The monoisotopic (exact) mass is 239 g/mol. The van der Waals surface area contributed by atoms with Gasteiger partial charge < -0.3 is 10.1 Å². The number of nitrogens with zero attached hydrogens (tertiary/aromatic N) is 2. The van der Waals surface area contributed by atoms with Gasteiger partial charge in [-0.3, -0.25) is 14.6 Å². The average molecular weight is 239 g/mol. The minimum absolute atomic E-state index is 0.0762. The van der Waals surface area contributed by atoms with E-state index >= 15 is 0 Å². The second-order valence-electron chi connectivity index (χ2n) is 5.02. The third kappa shape index (κ3) is 2.02. The molecule has 0 saturated carbocycles. The van der Waals surface area contributed by atoms with Gasteiger partial charge in [0.2, 0.25) is 5.91 Å². The van der Waals surface area contributed by atoms with Crippen LogP contribution in [0.25, 0.3) is 0 Å². The Morgan fingerprint density at radius 2 is 2.18 bits per heavy atom. The molecule has 0 aromatic rings. The number of carbonyl (C=O) groups excluding carboxylic acids is 2. The van der Waals surface area contributed by atoms with Crippen molar-refractivity contribution in [3.05, 3.63) is 0 Å². The van der Waals surface area contributed by atoms with E-state index in [4.69, 9.17) is 4.74 Å². The van der Waals surface area contributed by atoms with Crippen molar-refractivity contribution in [3.63, 3.8) is 0 Å². The summed E-state index contributed by atoms with van der Waals surface area (Å²) in [5.74, 6) is 0.530. The zero-order valence-corrected chi connectivity index (χ0v) is 9.72. The number of rotatable bonds is 3. The fraction of sp³-hybridized carbons (Fsp3) is 0.818. The maximum absolute atomic E-state index is 11.5. The van der Waals surface area contributed by atoms with E-state index in [0.717, 1.165) is 39.3 Å². The predicted octanol–water partition coefficient (Wildman–Crippen LogP) is -0.741. The first-order valence-electron chi connectivity index (χ1n) is 6.14. The number of hydrogen-bond acceptors (Lipinski definition) is 4. The van der Waals surface area contributed by atoms with Crippen LogP contribution in [0.2, 0.25) is 0 Å². The summed E-state index contributed by atoms with van der Waals surface area (Å²) >= 11 is 0. The van der Waals surface area contributed by atoms with Crippen LogP contribution in [0.1, 0.15) is 6.42 Å². The summed E-state index contributed by atoms with van der Waals surface area (Å²) in [6, 6.07) is -0.156. The number of urea groups is 1. The number of nitrogens with one attached hydrogen (secondary N) is 1. The lowest BCUT2D eigenvalue weighted by Crippen LogP contribution is -2.61. The average Bonchev–Trinajstić information content (AvgIpc) is 2.84. The molecule has 6 heteroatoms. The molecule has 3 heterocycles. The molecular formula is C11H17N3O3. The van der Waals surface area contributed by atoms with E-state index in [9.17, 15) is 9.59 Å². The summed E-state index contributed by atoms with van der Waals surface area (Å²) in [6.45, 7) is 4.54. The Hall–Kier alpha value is -1.14. The molecule has 0 radical (unpaired) electrons. The molecule has 0 spiro atoms. The highest BCUT2D eigenvalue weighted by Gasteiger charge is 2.41. The largest absolute Gasteiger partial charge is 0.381 e. The molecule has 17 heavy (non-hydrogen) atoms. The molecule has 94 valence electrons. The maximum atomic E-state index is 11.5. The number of carbonyl (C=O) groups is 2. The first-order valence-corrected chi connectivity index (χ1v) is 6.14. The topological polar surface area (TPSA) is 61.9 Å². The van der Waals surface area contributed by atoms with Crippen LogP contribution in [0, 0.1) is 5.92 Å². The molecular weight excluding hydrogens is 222 g/mol. The minimum atomic E-state index is -0.233. The van der Waals surface area contributed by atoms with Crippen LogP contribution in [0.3, 0.4) is 0 Å². The van der Waals surface area contributed by atoms with Crippen LogP contribution in [0.4, 0.5) is 4.79 Å². The minimum Gasteiger partial charge on any atom is -0.381 e. The summed E-state index contributed by atoms with van der Waals surface area (Å²) in [5, 5.41) is 2.56. The van der Waals surface area contributed by atoms with Crippen molar-refractivity contribution in [3.8, 4) is 0 Å². The van der Waals surface area contributed by atoms with E-state index < -0.39 is 0 Å². The standard InChI is InChI=1S/C11H17N3O3/c15-10-3-12-11(16)14(10)9-5-13(6-9)4-8-1-2-17-7-8/h8-9H,1-7H2,(H,12,16). The quantitative estimate of drug-likeness (QED) is 0.659. The number of amides is 3. The molecule has 3 aliphatic rings. The molecule has 1 atom stereocenters. The van der Waals surface area contributed by atoms with Gasteiger partial charge in [-0.05, 0) is 12.3 Å². The van der Waals surface area contributed by atoms with Crippen molar-refractivity contribution >= 4 is 11.9 Å². The van der Waals surface area contributed by atoms with E-state index in [2.05, 4.69) is 10.2 Å². The molecule has 3 saturated heterocycles. The van der Waals surface area contributed by atoms with Gasteiger partial charge in [0.1, 0.15) is 0 Å². The van der Waals surface area contributed by atoms with Gasteiger partial charge in [-0.25, -0.2) is 4.79 Å². The highest BCUT2D eigenvalue weighted by Crippen LogP contribution is 2.21. The number of likely N-dealkylation sites (tertiary alicyclic amines) is 1. The van der Waals surface area contributed by atoms with Gasteiger partial charge in [0.05, 0.1) is 19.2 Å². The van der Waals surface area contributed by atoms with E-state index in [0.29, 0.717) is 5.92 Å². The maximum Gasteiger partial charge on any atom is 0.324 e. The van der Waals surface area contributed by atoms with Gasteiger partial charge in [0.15, 0.2) is 0 Å². The van der Waals surface area contributed by atoms with Gasteiger partial charge >= 0.3 is 6.03 Å². The van der Waals surface area contributed by atoms with Gasteiger partial charge in [-0.1, -0.05) is 0 Å². The van der Waals surface area contributed by atoms with Gasteiger partial charge in [-0.2, -0.15) is 0 Å². The lowest BCUT2D eigenvalue weighted by atomic mass is 10.0. The molecule has 0 aromatic carbocycles. The Morgan fingerprint density at radius 3 is 2.76 bits per heavy atom. The zero-order valence-electron chi connectivity index (χ0n) is 9.72. The summed E-state index contributed by atoms with van der Waals surface area (Å²) < 4.78 is 5.33. The second-order valence-corrected chi connectivity index (χ2v) is 5.02. The molecule has 3 fully saturated rings. The van der Waals surface area contributed by atoms with E-state index in [1.54, 1.807) is 0 Å². The predicted molar refractivity (Wildman–Crippen MR) is 59.4 cm³/mol. The normalized spacial score (nSPS) is 30.8. The van der Waals surface area contributed by atoms with Crippen molar-refractivity contribution in [2.45, 2.75) is 12.5 Å². The van der Waals surface area contributed by atoms with Crippen LogP contribution in [-0.2, 0) is 9.53 Å². The smallest absolute Gasteiger partial charge is 0.324 e. The summed E-state index contributed by atoms with van der Waals surface area (Å²) in [7, 11) is 0. The van der Waals surface area contributed by atoms with Crippen LogP contribution < -0.4 is 5.32 Å². The van der Waals surface area contributed by atoms with Crippen LogP contribution in [-0.4, -0.2) is 67.2 Å². The molecule has 0 bridgehead atoms. The molecule has 0 aliphatic carbocycles. The summed E-state index contributed by atoms with van der Waals surface area (Å²) in [5.41, 5.74) is 0. The molecule has 3 aliphatic heterocycles. The molecule has 3 rings (SSSR count). The van der Waals surface area contributed by atoms with Crippen molar-refractivity contribution in [2.24, 2.45) is 5.92 Å². The van der Waals surface area contributed by atoms with E-state index in [1.807, 2.05) is 0 Å². The third-order valence-corrected chi connectivity index (χ3v) is 3.72. The molecule has 0 aromatic heterocycles. The van der Waals surface area contributed by atoms with Crippen molar-refractivity contribution < 1.29 is 14.3 Å². The molecule has 1 unspecified atom stereocenters. The van der Waals surface area contributed by atoms with Crippen LogP contribution in [0.5, 0.6) is 0 Å². The highest BCUT2D eigenvalue weighted by molar-refractivity contribution is 6.02. The molecule has 6 nitrogen and oxygen atoms in total. The van der Waals surface area contributed by atoms with Crippen molar-refractivity contribution in [1.29, 1.82) is 0 Å². The number of ether oxygens (including phenoxy) is 1. The van der Waals surface area contributed by atoms with E-state index in [-0.39, 0.29) is 24.5 Å². The number of imide groups is 1. The summed E-state index contributed by atoms with van der Waals surface area (Å²) in [4.78, 5) is 26.6. The Kier molecular flexibility index (Phi) is 2.76. The lowest BCUT2D eigenvalue weighted by molar-refractivity contribution is -0.129. The number of hydrogen-bond donors (Lipinski definition) is 1. The third-order valence-electron chi connectivity index (χ3n) is 3.72.